The van der Waals surface area contributed by atoms with E-state index in [0.717, 1.165) is 32.5 Å². The van der Waals surface area contributed by atoms with Crippen molar-refractivity contribution in [2.75, 3.05) is 19.6 Å². The second-order valence-corrected chi connectivity index (χ2v) is 6.59. The smallest absolute Gasteiger partial charge is 0.237 e. The molecule has 2 unspecified atom stereocenters. The van der Waals surface area contributed by atoms with Crippen molar-refractivity contribution in [3.8, 4) is 0 Å². The van der Waals surface area contributed by atoms with E-state index in [4.69, 9.17) is 5.73 Å². The first-order valence-electron chi connectivity index (χ1n) is 8.47. The zero-order valence-corrected chi connectivity index (χ0v) is 14.2. The largest absolute Gasteiger partial charge is 0.351 e. The van der Waals surface area contributed by atoms with E-state index in [1.165, 1.54) is 38.5 Å². The van der Waals surface area contributed by atoms with E-state index in [2.05, 4.69) is 17.1 Å². The molecule has 3 N–H and O–H groups in total. The maximum absolute atomic E-state index is 12.2. The van der Waals surface area contributed by atoms with Crippen molar-refractivity contribution in [2.24, 2.45) is 11.7 Å². The molecular formula is C16H32ClN3O. The molecule has 124 valence electrons. The third-order valence-electron chi connectivity index (χ3n) is 4.95. The maximum atomic E-state index is 12.2. The van der Waals surface area contributed by atoms with Crippen LogP contribution in [-0.2, 0) is 4.79 Å². The maximum Gasteiger partial charge on any atom is 0.237 e. The van der Waals surface area contributed by atoms with Gasteiger partial charge < -0.3 is 16.0 Å². The summed E-state index contributed by atoms with van der Waals surface area (Å²) in [5.74, 6) is 0.738. The molecule has 0 aromatic rings. The van der Waals surface area contributed by atoms with E-state index in [9.17, 15) is 4.79 Å². The fourth-order valence-corrected chi connectivity index (χ4v) is 3.66. The molecule has 0 radical (unpaired) electrons. The van der Waals surface area contributed by atoms with Crippen LogP contribution < -0.4 is 11.1 Å². The minimum absolute atomic E-state index is 0. The Labute approximate surface area is 135 Å². The number of likely N-dealkylation sites (N-methyl/N-ethyl adjacent to an activating group) is 1. The van der Waals surface area contributed by atoms with Crippen molar-refractivity contribution < 1.29 is 4.79 Å². The van der Waals surface area contributed by atoms with Crippen molar-refractivity contribution in [3.63, 3.8) is 0 Å². The van der Waals surface area contributed by atoms with Crippen LogP contribution in [-0.4, -0.2) is 42.5 Å². The highest BCUT2D eigenvalue weighted by atomic mass is 35.5. The van der Waals surface area contributed by atoms with Gasteiger partial charge in [0.05, 0.1) is 6.04 Å². The van der Waals surface area contributed by atoms with Gasteiger partial charge in [-0.05, 0) is 38.3 Å². The number of halogens is 1. The van der Waals surface area contributed by atoms with Crippen molar-refractivity contribution in [2.45, 2.75) is 70.4 Å². The van der Waals surface area contributed by atoms with Gasteiger partial charge in [0, 0.05) is 12.6 Å². The molecular weight excluding hydrogens is 286 g/mol. The number of carbonyl (C=O) groups is 1. The minimum Gasteiger partial charge on any atom is -0.351 e. The van der Waals surface area contributed by atoms with Gasteiger partial charge in [0.1, 0.15) is 0 Å². The van der Waals surface area contributed by atoms with E-state index < -0.39 is 0 Å². The summed E-state index contributed by atoms with van der Waals surface area (Å²) in [4.78, 5) is 14.6. The Balaban J connectivity index is 0.00000220. The number of carbonyl (C=O) groups excluding carboxylic acids is 1. The number of rotatable bonds is 5. The quantitative estimate of drug-likeness (QED) is 0.818. The van der Waals surface area contributed by atoms with Gasteiger partial charge in [-0.1, -0.05) is 39.0 Å². The lowest BCUT2D eigenvalue weighted by Gasteiger charge is -2.33. The number of nitrogens with two attached hydrogens (primary N) is 1. The predicted molar refractivity (Wildman–Crippen MR) is 89.7 cm³/mol. The van der Waals surface area contributed by atoms with Crippen LogP contribution in [0.2, 0.25) is 0 Å². The zero-order chi connectivity index (χ0) is 14.4. The number of hydrogen-bond donors (Lipinski definition) is 2. The van der Waals surface area contributed by atoms with Gasteiger partial charge in [-0.3, -0.25) is 4.79 Å². The SMILES string of the molecule is CCN1CCCC(NC(=O)C(N)CC2CCCCC2)C1.Cl. The Hall–Kier alpha value is -0.320. The summed E-state index contributed by atoms with van der Waals surface area (Å²) in [6, 6.07) is -0.0105. The molecule has 1 heterocycles. The summed E-state index contributed by atoms with van der Waals surface area (Å²) in [5, 5.41) is 3.17. The van der Waals surface area contributed by atoms with Crippen molar-refractivity contribution in [1.29, 1.82) is 0 Å². The molecule has 1 aliphatic heterocycles. The lowest BCUT2D eigenvalue weighted by atomic mass is 9.85. The van der Waals surface area contributed by atoms with Crippen LogP contribution in [0.4, 0.5) is 0 Å². The van der Waals surface area contributed by atoms with Crippen LogP contribution >= 0.6 is 12.4 Å². The summed E-state index contributed by atoms with van der Waals surface area (Å²) in [6.07, 6.45) is 9.64. The Morgan fingerprint density at radius 3 is 2.62 bits per heavy atom. The zero-order valence-electron chi connectivity index (χ0n) is 13.4. The molecule has 0 spiro atoms. The van der Waals surface area contributed by atoms with E-state index in [-0.39, 0.29) is 24.4 Å². The number of amides is 1. The molecule has 1 aliphatic carbocycles. The Morgan fingerprint density at radius 1 is 1.24 bits per heavy atom. The van der Waals surface area contributed by atoms with E-state index >= 15 is 0 Å². The number of nitrogens with one attached hydrogen (secondary N) is 1. The normalized spacial score (nSPS) is 25.9. The molecule has 2 rings (SSSR count). The van der Waals surface area contributed by atoms with Gasteiger partial charge in [-0.2, -0.15) is 0 Å². The van der Waals surface area contributed by atoms with Gasteiger partial charge in [0.15, 0.2) is 0 Å². The summed E-state index contributed by atoms with van der Waals surface area (Å²) in [6.45, 7) is 5.40. The highest BCUT2D eigenvalue weighted by Crippen LogP contribution is 2.27. The van der Waals surface area contributed by atoms with Crippen LogP contribution in [0.3, 0.4) is 0 Å². The van der Waals surface area contributed by atoms with Gasteiger partial charge in [0.2, 0.25) is 5.91 Å². The standard InChI is InChI=1S/C16H31N3O.ClH/c1-2-19-10-6-9-14(12-19)18-16(20)15(17)11-13-7-4-3-5-8-13;/h13-15H,2-12,17H2,1H3,(H,18,20);1H. The number of likely N-dealkylation sites (tertiary alicyclic amines) is 1. The van der Waals surface area contributed by atoms with Gasteiger partial charge in [-0.25, -0.2) is 0 Å². The number of hydrogen-bond acceptors (Lipinski definition) is 3. The fourth-order valence-electron chi connectivity index (χ4n) is 3.66. The molecule has 4 nitrogen and oxygen atoms in total. The fraction of sp³-hybridized carbons (Fsp3) is 0.938. The summed E-state index contributed by atoms with van der Waals surface area (Å²) < 4.78 is 0. The first-order chi connectivity index (χ1) is 9.69. The third-order valence-corrected chi connectivity index (χ3v) is 4.95. The number of nitrogens with zero attached hydrogens (tertiary/aromatic N) is 1. The van der Waals surface area contributed by atoms with Crippen molar-refractivity contribution in [3.05, 3.63) is 0 Å². The van der Waals surface area contributed by atoms with Crippen molar-refractivity contribution in [1.82, 2.24) is 10.2 Å². The molecule has 0 aromatic carbocycles. The first-order valence-corrected chi connectivity index (χ1v) is 8.47. The molecule has 21 heavy (non-hydrogen) atoms. The van der Waals surface area contributed by atoms with Crippen LogP contribution in [0.1, 0.15) is 58.3 Å². The predicted octanol–water partition coefficient (Wildman–Crippen LogP) is 2.31. The highest BCUT2D eigenvalue weighted by molar-refractivity contribution is 5.85. The van der Waals surface area contributed by atoms with Gasteiger partial charge in [0.25, 0.3) is 0 Å². The average Bonchev–Trinajstić information content (AvgIpc) is 2.48. The van der Waals surface area contributed by atoms with Crippen molar-refractivity contribution >= 4 is 18.3 Å². The Morgan fingerprint density at radius 2 is 1.95 bits per heavy atom. The Kier molecular flexibility index (Phi) is 8.60. The molecule has 2 fully saturated rings. The molecule has 1 amide bonds. The van der Waals surface area contributed by atoms with Gasteiger partial charge >= 0.3 is 0 Å². The molecule has 0 aromatic heterocycles. The summed E-state index contributed by atoms with van der Waals surface area (Å²) in [5.41, 5.74) is 6.11. The highest BCUT2D eigenvalue weighted by Gasteiger charge is 2.25. The number of piperidine rings is 1. The lowest BCUT2D eigenvalue weighted by molar-refractivity contribution is -0.123. The lowest BCUT2D eigenvalue weighted by Crippen LogP contribution is -2.52. The third kappa shape index (κ3) is 6.13. The molecule has 1 saturated heterocycles. The second-order valence-electron chi connectivity index (χ2n) is 6.59. The van der Waals surface area contributed by atoms with Gasteiger partial charge in [-0.15, -0.1) is 12.4 Å². The minimum atomic E-state index is -0.310. The first kappa shape index (κ1) is 18.7. The summed E-state index contributed by atoms with van der Waals surface area (Å²) >= 11 is 0. The van der Waals surface area contributed by atoms with Crippen LogP contribution in [0.15, 0.2) is 0 Å². The Bertz CT molecular complexity index is 308. The van der Waals surface area contributed by atoms with E-state index in [1.807, 2.05) is 0 Å². The molecule has 0 bridgehead atoms. The average molecular weight is 318 g/mol. The van der Waals surface area contributed by atoms with Crippen LogP contribution in [0, 0.1) is 5.92 Å². The molecule has 1 saturated carbocycles. The second kappa shape index (κ2) is 9.65. The summed E-state index contributed by atoms with van der Waals surface area (Å²) in [7, 11) is 0. The van der Waals surface area contributed by atoms with Crippen LogP contribution in [0.25, 0.3) is 0 Å². The van der Waals surface area contributed by atoms with E-state index in [1.54, 1.807) is 0 Å². The molecule has 2 aliphatic rings. The molecule has 2 atom stereocenters. The monoisotopic (exact) mass is 317 g/mol. The van der Waals surface area contributed by atoms with E-state index in [0.29, 0.717) is 12.0 Å². The molecule has 5 heteroatoms. The topological polar surface area (TPSA) is 58.4 Å². The van der Waals surface area contributed by atoms with Crippen LogP contribution in [0.5, 0.6) is 0 Å².